The molecule has 0 saturated carbocycles. The first-order valence-electron chi connectivity index (χ1n) is 12.1. The van der Waals surface area contributed by atoms with Gasteiger partial charge < -0.3 is 19.6 Å². The molecule has 0 radical (unpaired) electrons. The number of thiocarbonyl (C=S) groups is 2. The van der Waals surface area contributed by atoms with E-state index in [1.54, 1.807) is 23.9 Å². The lowest BCUT2D eigenvalue weighted by Gasteiger charge is -2.17. The molecule has 0 amide bonds. The van der Waals surface area contributed by atoms with E-state index in [9.17, 15) is 41.0 Å². The predicted octanol–water partition coefficient (Wildman–Crippen LogP) is 5.61. The highest BCUT2D eigenvalue weighted by molar-refractivity contribution is 7.80. The van der Waals surface area contributed by atoms with Gasteiger partial charge in [-0.05, 0) is 35.4 Å². The van der Waals surface area contributed by atoms with Crippen LogP contribution in [0.3, 0.4) is 0 Å². The molecule has 2 aliphatic heterocycles. The van der Waals surface area contributed by atoms with Crippen LogP contribution in [0.5, 0.6) is 0 Å². The van der Waals surface area contributed by atoms with Crippen molar-refractivity contribution in [3.63, 3.8) is 0 Å². The van der Waals surface area contributed by atoms with Crippen LogP contribution in [0.25, 0.3) is 0 Å². The predicted molar refractivity (Wildman–Crippen MR) is 145 cm³/mol. The van der Waals surface area contributed by atoms with Gasteiger partial charge >= 0.3 is 24.3 Å². The number of methoxy groups -OCH3 is 1. The van der Waals surface area contributed by atoms with Crippen LogP contribution in [-0.4, -0.2) is 71.1 Å². The van der Waals surface area contributed by atoms with Gasteiger partial charge in [-0.15, -0.1) is 0 Å². The van der Waals surface area contributed by atoms with Crippen LogP contribution in [0.2, 0.25) is 0 Å². The summed E-state index contributed by atoms with van der Waals surface area (Å²) in [6, 6.07) is 9.41. The Hall–Kier alpha value is -3.26. The lowest BCUT2D eigenvalue weighted by Crippen LogP contribution is -2.27. The number of ether oxygens (including phenoxy) is 1. The number of aliphatic carboxylic acids is 1. The van der Waals surface area contributed by atoms with Crippen molar-refractivity contribution >= 4 is 46.4 Å². The smallest absolute Gasteiger partial charge is 0.416 e. The monoisotopic (exact) mass is 620 g/mol. The Morgan fingerprint density at radius 2 is 1.10 bits per heavy atom. The molecular formula is C27H26F6N2O4S2. The number of rotatable bonds is 4. The summed E-state index contributed by atoms with van der Waals surface area (Å²) in [5.41, 5.74) is -0.265. The second-order valence-corrected chi connectivity index (χ2v) is 10.5. The van der Waals surface area contributed by atoms with Gasteiger partial charge in [0.25, 0.3) is 0 Å². The van der Waals surface area contributed by atoms with Gasteiger partial charge in [0, 0.05) is 39.0 Å². The van der Waals surface area contributed by atoms with E-state index in [2.05, 4.69) is 0 Å². The zero-order valence-corrected chi connectivity index (χ0v) is 23.6. The third-order valence-electron chi connectivity index (χ3n) is 7.08. The number of carboxylic acid groups (broad SMARTS) is 1. The molecule has 0 spiro atoms. The standard InChI is InChI=1S/C14H14F3NO2S.C13H12F3NO2S/c1-18-7-10(11(12(18)21)13(19)20-2)8-3-5-9(6-4-8)14(15,16)17;1-17-6-9(10(11(17)20)12(18)19)7-2-4-8(5-3-7)13(14,15)16/h3-6,10-11H,7H2,1-2H3;2-5,9-10H,6H2,1H3,(H,18,19)/t10-,11-;9-,10-/m11/s1. The average molecular weight is 621 g/mol. The van der Waals surface area contributed by atoms with Crippen LogP contribution in [0, 0.1) is 11.8 Å². The maximum atomic E-state index is 12.6. The molecule has 4 atom stereocenters. The first-order valence-corrected chi connectivity index (χ1v) is 12.9. The van der Waals surface area contributed by atoms with Crippen LogP contribution in [0.15, 0.2) is 48.5 Å². The average Bonchev–Trinajstić information content (AvgIpc) is 3.37. The molecule has 4 rings (SSSR count). The molecule has 2 saturated heterocycles. The zero-order chi connectivity index (χ0) is 30.9. The number of carboxylic acids is 1. The minimum atomic E-state index is -4.40. The summed E-state index contributed by atoms with van der Waals surface area (Å²) in [6.07, 6.45) is -8.77. The van der Waals surface area contributed by atoms with Crippen molar-refractivity contribution in [2.45, 2.75) is 24.2 Å². The van der Waals surface area contributed by atoms with Crippen molar-refractivity contribution in [3.05, 3.63) is 70.8 Å². The second kappa shape index (κ2) is 12.3. The highest BCUT2D eigenvalue weighted by Gasteiger charge is 2.43. The molecule has 0 unspecified atom stereocenters. The number of halogens is 6. The van der Waals surface area contributed by atoms with E-state index in [0.717, 1.165) is 24.3 Å². The van der Waals surface area contributed by atoms with E-state index in [0.29, 0.717) is 34.2 Å². The van der Waals surface area contributed by atoms with Gasteiger partial charge in [0.1, 0.15) is 11.8 Å². The summed E-state index contributed by atoms with van der Waals surface area (Å²) in [5, 5.41) is 9.22. The summed E-state index contributed by atoms with van der Waals surface area (Å²) in [6.45, 7) is 0.866. The molecule has 0 bridgehead atoms. The Kier molecular flexibility index (Phi) is 9.69. The van der Waals surface area contributed by atoms with Gasteiger partial charge in [-0.3, -0.25) is 9.59 Å². The van der Waals surface area contributed by atoms with Crippen molar-refractivity contribution < 1.29 is 45.8 Å². The fourth-order valence-electron chi connectivity index (χ4n) is 4.90. The molecule has 14 heteroatoms. The Bertz CT molecular complexity index is 1300. The Morgan fingerprint density at radius 3 is 1.41 bits per heavy atom. The van der Waals surface area contributed by atoms with E-state index in [4.69, 9.17) is 29.2 Å². The van der Waals surface area contributed by atoms with Crippen molar-refractivity contribution in [1.82, 2.24) is 9.80 Å². The number of benzene rings is 2. The molecule has 0 aliphatic carbocycles. The fraction of sp³-hybridized carbons (Fsp3) is 0.407. The minimum absolute atomic E-state index is 0.294. The number of likely N-dealkylation sites (tertiary alicyclic amines) is 2. The second-order valence-electron chi connectivity index (χ2n) is 9.71. The highest BCUT2D eigenvalue weighted by atomic mass is 32.1. The molecule has 1 N–H and O–H groups in total. The Labute approximate surface area is 242 Å². The number of carbonyl (C=O) groups excluding carboxylic acids is 1. The Morgan fingerprint density at radius 1 is 0.756 bits per heavy atom. The van der Waals surface area contributed by atoms with Crippen molar-refractivity contribution in [2.24, 2.45) is 11.8 Å². The van der Waals surface area contributed by atoms with Gasteiger partial charge in [-0.1, -0.05) is 48.7 Å². The van der Waals surface area contributed by atoms with Crippen molar-refractivity contribution in [2.75, 3.05) is 34.3 Å². The van der Waals surface area contributed by atoms with Crippen molar-refractivity contribution in [3.8, 4) is 0 Å². The molecule has 2 fully saturated rings. The summed E-state index contributed by atoms with van der Waals surface area (Å²) in [4.78, 5) is 27.3. The molecule has 41 heavy (non-hydrogen) atoms. The largest absolute Gasteiger partial charge is 0.481 e. The molecule has 222 valence electrons. The Balaban J connectivity index is 0.000000226. The summed E-state index contributed by atoms with van der Waals surface area (Å²) >= 11 is 10.3. The molecule has 2 aromatic rings. The van der Waals surface area contributed by atoms with Gasteiger partial charge in [-0.2, -0.15) is 26.3 Å². The minimum Gasteiger partial charge on any atom is -0.481 e. The topological polar surface area (TPSA) is 70.1 Å². The van der Waals surface area contributed by atoms with Gasteiger partial charge in [-0.25, -0.2) is 0 Å². The van der Waals surface area contributed by atoms with Gasteiger partial charge in [0.15, 0.2) is 0 Å². The van der Waals surface area contributed by atoms with Crippen molar-refractivity contribution in [1.29, 1.82) is 0 Å². The van der Waals surface area contributed by atoms with E-state index < -0.39 is 53.2 Å². The maximum Gasteiger partial charge on any atom is 0.416 e. The van der Waals surface area contributed by atoms with Crippen LogP contribution < -0.4 is 0 Å². The van der Waals surface area contributed by atoms with E-state index >= 15 is 0 Å². The van der Waals surface area contributed by atoms with Crippen LogP contribution in [-0.2, 0) is 26.7 Å². The first-order chi connectivity index (χ1) is 19.0. The number of nitrogens with zero attached hydrogens (tertiary/aromatic N) is 2. The number of likely N-dealkylation sites (N-methyl/N-ethyl adjacent to an activating group) is 2. The third-order valence-corrected chi connectivity index (χ3v) is 8.22. The quantitative estimate of drug-likeness (QED) is 0.269. The number of esters is 1. The number of hydrogen-bond donors (Lipinski definition) is 1. The van der Waals surface area contributed by atoms with E-state index in [-0.39, 0.29) is 5.92 Å². The van der Waals surface area contributed by atoms with Crippen LogP contribution in [0.4, 0.5) is 26.3 Å². The summed E-state index contributed by atoms with van der Waals surface area (Å²) < 4.78 is 80.0. The molecule has 0 aromatic heterocycles. The van der Waals surface area contributed by atoms with Crippen LogP contribution >= 0.6 is 24.4 Å². The number of alkyl halides is 6. The van der Waals surface area contributed by atoms with Crippen LogP contribution in [0.1, 0.15) is 34.1 Å². The summed E-state index contributed by atoms with van der Waals surface area (Å²) in [5.74, 6) is -3.73. The maximum absolute atomic E-state index is 12.6. The van der Waals surface area contributed by atoms with E-state index in [1.165, 1.54) is 31.4 Å². The third kappa shape index (κ3) is 7.15. The SMILES string of the molecule is CN1C[C@H](c2ccc(C(F)(F)F)cc2)[C@@H](C(=O)O)C1=S.COC(=O)[C@H]1C(=S)N(C)C[C@@H]1c1ccc(C(F)(F)F)cc1. The number of hydrogen-bond acceptors (Lipinski definition) is 5. The lowest BCUT2D eigenvalue weighted by molar-refractivity contribution is -0.143. The molecular weight excluding hydrogens is 594 g/mol. The lowest BCUT2D eigenvalue weighted by atomic mass is 9.88. The first kappa shape index (κ1) is 32.3. The fourth-order valence-corrected chi connectivity index (χ4v) is 5.58. The number of carbonyl (C=O) groups is 2. The highest BCUT2D eigenvalue weighted by Crippen LogP contribution is 2.38. The van der Waals surface area contributed by atoms with Gasteiger partial charge in [0.2, 0.25) is 0 Å². The zero-order valence-electron chi connectivity index (χ0n) is 22.0. The molecule has 2 heterocycles. The van der Waals surface area contributed by atoms with E-state index in [1.807, 2.05) is 0 Å². The summed E-state index contributed by atoms with van der Waals surface area (Å²) in [7, 11) is 4.71. The molecule has 2 aliphatic rings. The molecule has 2 aromatic carbocycles. The normalized spacial score (nSPS) is 22.9. The van der Waals surface area contributed by atoms with Gasteiger partial charge in [0.05, 0.1) is 28.2 Å². The molecule has 6 nitrogen and oxygen atoms in total.